The summed E-state index contributed by atoms with van der Waals surface area (Å²) in [6.07, 6.45) is 4.20. The Hall–Kier alpha value is -0.330. The first kappa shape index (κ1) is 12.1. The molecular formula is C10H17N3OS2. The number of hydrogen-bond donors (Lipinski definition) is 1. The molecular weight excluding hydrogens is 242 g/mol. The van der Waals surface area contributed by atoms with Crippen LogP contribution in [0.4, 0.5) is 5.13 Å². The Labute approximate surface area is 104 Å². The van der Waals surface area contributed by atoms with Crippen molar-refractivity contribution in [3.63, 3.8) is 0 Å². The summed E-state index contributed by atoms with van der Waals surface area (Å²) in [6.45, 7) is 0. The molecule has 1 aliphatic rings. The predicted molar refractivity (Wildman–Crippen MR) is 68.4 cm³/mol. The van der Waals surface area contributed by atoms with Gasteiger partial charge in [0.1, 0.15) is 0 Å². The van der Waals surface area contributed by atoms with E-state index in [1.807, 2.05) is 19.0 Å². The largest absolute Gasteiger partial charge is 0.392 e. The first-order chi connectivity index (χ1) is 7.66. The summed E-state index contributed by atoms with van der Waals surface area (Å²) in [5, 5.41) is 19.3. The van der Waals surface area contributed by atoms with Crippen LogP contribution >= 0.6 is 23.1 Å². The van der Waals surface area contributed by atoms with Gasteiger partial charge in [-0.2, -0.15) is 0 Å². The molecule has 1 aliphatic carbocycles. The number of rotatable bonds is 3. The van der Waals surface area contributed by atoms with Crippen molar-refractivity contribution in [2.75, 3.05) is 19.0 Å². The Morgan fingerprint density at radius 1 is 1.31 bits per heavy atom. The molecule has 1 aromatic rings. The maximum atomic E-state index is 9.87. The zero-order chi connectivity index (χ0) is 11.5. The number of thioether (sulfide) groups is 1. The van der Waals surface area contributed by atoms with Gasteiger partial charge in [0.2, 0.25) is 5.13 Å². The van der Waals surface area contributed by atoms with E-state index in [1.165, 1.54) is 6.42 Å². The average molecular weight is 259 g/mol. The van der Waals surface area contributed by atoms with Gasteiger partial charge in [-0.1, -0.05) is 35.9 Å². The number of nitrogens with zero attached hydrogens (tertiary/aromatic N) is 3. The monoisotopic (exact) mass is 259 g/mol. The minimum Gasteiger partial charge on any atom is -0.392 e. The first-order valence-corrected chi connectivity index (χ1v) is 7.22. The highest BCUT2D eigenvalue weighted by atomic mass is 32.2. The minimum atomic E-state index is -0.176. The topological polar surface area (TPSA) is 49.2 Å². The fourth-order valence-corrected chi connectivity index (χ4v) is 3.99. The van der Waals surface area contributed by atoms with Crippen LogP contribution in [0.15, 0.2) is 4.34 Å². The molecule has 2 rings (SSSR count). The fraction of sp³-hybridized carbons (Fsp3) is 0.800. The molecule has 16 heavy (non-hydrogen) atoms. The van der Waals surface area contributed by atoms with Gasteiger partial charge in [-0.25, -0.2) is 0 Å². The van der Waals surface area contributed by atoms with E-state index >= 15 is 0 Å². The third-order valence-corrected chi connectivity index (χ3v) is 5.26. The third kappa shape index (κ3) is 2.87. The van der Waals surface area contributed by atoms with Gasteiger partial charge >= 0.3 is 0 Å². The molecule has 1 N–H and O–H groups in total. The summed E-state index contributed by atoms with van der Waals surface area (Å²) >= 11 is 3.27. The summed E-state index contributed by atoms with van der Waals surface area (Å²) in [5.41, 5.74) is 0. The summed E-state index contributed by atoms with van der Waals surface area (Å²) in [4.78, 5) is 1.96. The normalized spacial score (nSPS) is 25.7. The van der Waals surface area contributed by atoms with Crippen LogP contribution in [0.1, 0.15) is 25.7 Å². The number of aliphatic hydroxyl groups is 1. The Kier molecular flexibility index (Phi) is 4.05. The van der Waals surface area contributed by atoms with Gasteiger partial charge in [-0.05, 0) is 12.8 Å². The second kappa shape index (κ2) is 5.33. The Morgan fingerprint density at radius 3 is 2.69 bits per heavy atom. The highest BCUT2D eigenvalue weighted by Crippen LogP contribution is 2.36. The number of aliphatic hydroxyl groups excluding tert-OH is 1. The van der Waals surface area contributed by atoms with E-state index in [0.717, 1.165) is 28.7 Å². The minimum absolute atomic E-state index is 0.176. The highest BCUT2D eigenvalue weighted by molar-refractivity contribution is 8.01. The van der Waals surface area contributed by atoms with Crippen LogP contribution in [0, 0.1) is 0 Å². The van der Waals surface area contributed by atoms with Crippen LogP contribution < -0.4 is 4.90 Å². The van der Waals surface area contributed by atoms with Crippen molar-refractivity contribution < 1.29 is 5.11 Å². The van der Waals surface area contributed by atoms with Gasteiger partial charge in [-0.15, -0.1) is 10.2 Å². The first-order valence-electron chi connectivity index (χ1n) is 5.52. The van der Waals surface area contributed by atoms with Crippen molar-refractivity contribution in [3.8, 4) is 0 Å². The van der Waals surface area contributed by atoms with Crippen LogP contribution in [0.25, 0.3) is 0 Å². The maximum Gasteiger partial charge on any atom is 0.208 e. The summed E-state index contributed by atoms with van der Waals surface area (Å²) in [7, 11) is 3.93. The molecule has 0 bridgehead atoms. The standard InChI is InChI=1S/C10H17N3OS2/c1-13(2)9-11-12-10(16-9)15-8-6-4-3-5-7(8)14/h7-8,14H,3-6H2,1-2H3. The molecule has 0 amide bonds. The van der Waals surface area contributed by atoms with Crippen molar-refractivity contribution >= 4 is 28.2 Å². The smallest absolute Gasteiger partial charge is 0.208 e. The van der Waals surface area contributed by atoms with Gasteiger partial charge < -0.3 is 10.0 Å². The number of hydrogen-bond acceptors (Lipinski definition) is 6. The Morgan fingerprint density at radius 2 is 2.06 bits per heavy atom. The molecule has 1 saturated carbocycles. The second-order valence-corrected chi connectivity index (χ2v) is 6.70. The Balaban J connectivity index is 1.97. The van der Waals surface area contributed by atoms with Crippen molar-refractivity contribution in [2.45, 2.75) is 41.4 Å². The van der Waals surface area contributed by atoms with E-state index in [2.05, 4.69) is 10.2 Å². The Bertz CT molecular complexity index is 343. The van der Waals surface area contributed by atoms with Crippen molar-refractivity contribution in [2.24, 2.45) is 0 Å². The molecule has 90 valence electrons. The van der Waals surface area contributed by atoms with Crippen LogP contribution in [-0.2, 0) is 0 Å². The summed E-state index contributed by atoms with van der Waals surface area (Å²) < 4.78 is 0.967. The van der Waals surface area contributed by atoms with Crippen LogP contribution in [0.3, 0.4) is 0 Å². The lowest BCUT2D eigenvalue weighted by atomic mass is 9.97. The van der Waals surface area contributed by atoms with Crippen molar-refractivity contribution in [1.29, 1.82) is 0 Å². The van der Waals surface area contributed by atoms with Gasteiger partial charge in [0, 0.05) is 19.3 Å². The van der Waals surface area contributed by atoms with E-state index in [1.54, 1.807) is 23.1 Å². The molecule has 2 unspecified atom stereocenters. The van der Waals surface area contributed by atoms with E-state index in [4.69, 9.17) is 0 Å². The summed E-state index contributed by atoms with van der Waals surface area (Å²) in [6, 6.07) is 0. The second-order valence-electron chi connectivity index (χ2n) is 4.25. The van der Waals surface area contributed by atoms with Crippen LogP contribution in [0.2, 0.25) is 0 Å². The summed E-state index contributed by atoms with van der Waals surface area (Å²) in [5.74, 6) is 0. The lowest BCUT2D eigenvalue weighted by molar-refractivity contribution is 0.137. The lowest BCUT2D eigenvalue weighted by Gasteiger charge is -2.25. The molecule has 0 saturated heterocycles. The highest BCUT2D eigenvalue weighted by Gasteiger charge is 2.25. The molecule has 0 aliphatic heterocycles. The maximum absolute atomic E-state index is 9.87. The average Bonchev–Trinajstić information content (AvgIpc) is 2.70. The molecule has 1 aromatic heterocycles. The number of anilines is 1. The predicted octanol–water partition coefficient (Wildman–Crippen LogP) is 2.00. The lowest BCUT2D eigenvalue weighted by Crippen LogP contribution is -2.26. The van der Waals surface area contributed by atoms with E-state index in [0.29, 0.717) is 5.25 Å². The molecule has 4 nitrogen and oxygen atoms in total. The zero-order valence-electron chi connectivity index (χ0n) is 9.59. The van der Waals surface area contributed by atoms with Crippen molar-refractivity contribution in [3.05, 3.63) is 0 Å². The quantitative estimate of drug-likeness (QED) is 0.899. The van der Waals surface area contributed by atoms with E-state index in [-0.39, 0.29) is 6.10 Å². The van der Waals surface area contributed by atoms with E-state index in [9.17, 15) is 5.11 Å². The van der Waals surface area contributed by atoms with Crippen molar-refractivity contribution in [1.82, 2.24) is 10.2 Å². The molecule has 6 heteroatoms. The number of aromatic nitrogens is 2. The van der Waals surface area contributed by atoms with Gasteiger partial charge in [0.05, 0.1) is 6.10 Å². The van der Waals surface area contributed by atoms with Gasteiger partial charge in [0.15, 0.2) is 4.34 Å². The van der Waals surface area contributed by atoms with Crippen LogP contribution in [-0.4, -0.2) is 40.8 Å². The molecule has 1 fully saturated rings. The molecule has 0 spiro atoms. The molecule has 1 heterocycles. The molecule has 0 aromatic carbocycles. The third-order valence-electron chi connectivity index (χ3n) is 2.70. The zero-order valence-corrected chi connectivity index (χ0v) is 11.2. The fourth-order valence-electron chi connectivity index (χ4n) is 1.78. The van der Waals surface area contributed by atoms with Gasteiger partial charge in [-0.3, -0.25) is 0 Å². The SMILES string of the molecule is CN(C)c1nnc(SC2CCCCC2O)s1. The van der Waals surface area contributed by atoms with E-state index < -0.39 is 0 Å². The molecule has 2 atom stereocenters. The molecule has 0 radical (unpaired) electrons. The van der Waals surface area contributed by atoms with Crippen LogP contribution in [0.5, 0.6) is 0 Å². The van der Waals surface area contributed by atoms with Gasteiger partial charge in [0.25, 0.3) is 0 Å².